The molecule has 1 atom stereocenters. The molecule has 3 rings (SSSR count). The van der Waals surface area contributed by atoms with Gasteiger partial charge in [-0.15, -0.1) is 0 Å². The zero-order chi connectivity index (χ0) is 18.5. The minimum Gasteiger partial charge on any atom is -0.352 e. The highest BCUT2D eigenvalue weighted by Crippen LogP contribution is 2.23. The van der Waals surface area contributed by atoms with Crippen molar-refractivity contribution in [3.8, 4) is 0 Å². The van der Waals surface area contributed by atoms with Crippen LogP contribution in [-0.4, -0.2) is 5.11 Å². The van der Waals surface area contributed by atoms with Crippen molar-refractivity contribution in [3.05, 3.63) is 101 Å². The molecule has 0 saturated carbocycles. The summed E-state index contributed by atoms with van der Waals surface area (Å²) >= 11 is 5.38. The molecule has 0 heterocycles. The summed E-state index contributed by atoms with van der Waals surface area (Å²) in [5.41, 5.74) is 3.64. The Kier molecular flexibility index (Phi) is 5.58. The number of halogens is 2. The summed E-state index contributed by atoms with van der Waals surface area (Å²) in [7, 11) is 0. The first-order valence-electron chi connectivity index (χ1n) is 8.17. The monoisotopic (exact) mass is 368 g/mol. The summed E-state index contributed by atoms with van der Waals surface area (Å²) in [4.78, 5) is 0. The van der Waals surface area contributed by atoms with Crippen molar-refractivity contribution >= 4 is 23.0 Å². The molecule has 5 heteroatoms. The zero-order valence-corrected chi connectivity index (χ0v) is 15.0. The summed E-state index contributed by atoms with van der Waals surface area (Å²) < 4.78 is 26.5. The Morgan fingerprint density at radius 1 is 0.846 bits per heavy atom. The molecule has 3 aromatic carbocycles. The van der Waals surface area contributed by atoms with Gasteiger partial charge in [-0.2, -0.15) is 0 Å². The van der Waals surface area contributed by atoms with Gasteiger partial charge in [0.1, 0.15) is 0 Å². The molecular weight excluding hydrogens is 350 g/mol. The molecule has 0 radical (unpaired) electrons. The van der Waals surface area contributed by atoms with Crippen LogP contribution in [0.3, 0.4) is 0 Å². The van der Waals surface area contributed by atoms with E-state index in [-0.39, 0.29) is 6.04 Å². The molecule has 0 spiro atoms. The summed E-state index contributed by atoms with van der Waals surface area (Å²) in [6.07, 6.45) is 0. The van der Waals surface area contributed by atoms with Crippen LogP contribution in [0.5, 0.6) is 0 Å². The van der Waals surface area contributed by atoms with E-state index in [0.717, 1.165) is 28.8 Å². The molecule has 26 heavy (non-hydrogen) atoms. The average Bonchev–Trinajstić information content (AvgIpc) is 2.63. The molecule has 1 unspecified atom stereocenters. The number of thiocarbonyl (C=S) groups is 1. The molecule has 0 fully saturated rings. The highest BCUT2D eigenvalue weighted by atomic mass is 32.1. The lowest BCUT2D eigenvalue weighted by Gasteiger charge is -2.22. The Bertz CT molecular complexity index is 913. The highest BCUT2D eigenvalue weighted by Gasteiger charge is 2.15. The molecule has 0 bridgehead atoms. The highest BCUT2D eigenvalue weighted by molar-refractivity contribution is 7.80. The first kappa shape index (κ1) is 18.0. The van der Waals surface area contributed by atoms with E-state index in [1.54, 1.807) is 0 Å². The second-order valence-corrected chi connectivity index (χ2v) is 6.39. The Hall–Kier alpha value is -2.79. The minimum atomic E-state index is -0.920. The molecule has 0 aliphatic rings. The van der Waals surface area contributed by atoms with E-state index in [9.17, 15) is 8.78 Å². The van der Waals surface area contributed by atoms with Crippen LogP contribution in [0.25, 0.3) is 0 Å². The van der Waals surface area contributed by atoms with Crippen LogP contribution in [0.15, 0.2) is 72.8 Å². The first-order valence-corrected chi connectivity index (χ1v) is 8.58. The van der Waals surface area contributed by atoms with Crippen molar-refractivity contribution in [2.45, 2.75) is 13.0 Å². The maximum absolute atomic E-state index is 13.4. The quantitative estimate of drug-likeness (QED) is 0.607. The van der Waals surface area contributed by atoms with Gasteiger partial charge in [-0.3, -0.25) is 0 Å². The lowest BCUT2D eigenvalue weighted by Crippen LogP contribution is -2.33. The van der Waals surface area contributed by atoms with Crippen molar-refractivity contribution in [1.82, 2.24) is 5.32 Å². The number of aryl methyl sites for hydroxylation is 1. The fourth-order valence-electron chi connectivity index (χ4n) is 2.73. The molecule has 2 N–H and O–H groups in total. The minimum absolute atomic E-state index is 0.165. The van der Waals surface area contributed by atoms with E-state index in [1.807, 2.05) is 55.5 Å². The summed E-state index contributed by atoms with van der Waals surface area (Å²) in [6.45, 7) is 2.03. The molecule has 132 valence electrons. The molecule has 2 nitrogen and oxygen atoms in total. The molecule has 3 aromatic rings. The zero-order valence-electron chi connectivity index (χ0n) is 14.2. The predicted molar refractivity (Wildman–Crippen MR) is 105 cm³/mol. The van der Waals surface area contributed by atoms with Crippen LogP contribution < -0.4 is 10.6 Å². The lowest BCUT2D eigenvalue weighted by molar-refractivity contribution is 0.509. The van der Waals surface area contributed by atoms with Gasteiger partial charge in [0.05, 0.1) is 6.04 Å². The number of nitrogens with one attached hydrogen (secondary N) is 2. The Morgan fingerprint density at radius 2 is 1.58 bits per heavy atom. The molecule has 0 aromatic heterocycles. The molecular formula is C21H18F2N2S. The average molecular weight is 368 g/mol. The summed E-state index contributed by atoms with van der Waals surface area (Å²) in [6, 6.07) is 21.5. The van der Waals surface area contributed by atoms with Crippen LogP contribution in [0.4, 0.5) is 14.5 Å². The molecule has 0 aliphatic heterocycles. The Balaban J connectivity index is 1.83. The smallest absolute Gasteiger partial charge is 0.171 e. The van der Waals surface area contributed by atoms with E-state index in [0.29, 0.717) is 10.8 Å². The van der Waals surface area contributed by atoms with Gasteiger partial charge in [-0.1, -0.05) is 60.2 Å². The maximum atomic E-state index is 13.4. The van der Waals surface area contributed by atoms with Gasteiger partial charge in [0.25, 0.3) is 0 Å². The molecule has 0 aliphatic carbocycles. The van der Waals surface area contributed by atoms with Crippen molar-refractivity contribution in [2.24, 2.45) is 0 Å². The van der Waals surface area contributed by atoms with E-state index < -0.39 is 11.6 Å². The SMILES string of the molecule is Cc1cccc(C(NC(=S)Nc2ccc(F)c(F)c2)c2ccccc2)c1. The predicted octanol–water partition coefficient (Wildman–Crippen LogP) is 5.35. The van der Waals surface area contributed by atoms with Crippen LogP contribution in [-0.2, 0) is 0 Å². The topological polar surface area (TPSA) is 24.1 Å². The summed E-state index contributed by atoms with van der Waals surface area (Å²) in [5.74, 6) is -1.81. The van der Waals surface area contributed by atoms with Crippen molar-refractivity contribution in [1.29, 1.82) is 0 Å². The van der Waals surface area contributed by atoms with Crippen molar-refractivity contribution < 1.29 is 8.78 Å². The number of rotatable bonds is 4. The number of hydrogen-bond acceptors (Lipinski definition) is 1. The molecule has 0 amide bonds. The largest absolute Gasteiger partial charge is 0.352 e. The van der Waals surface area contributed by atoms with Gasteiger partial charge in [0.15, 0.2) is 16.7 Å². The standard InChI is InChI=1S/C21H18F2N2S/c1-14-6-5-9-16(12-14)20(15-7-3-2-4-8-15)25-21(26)24-17-10-11-18(22)19(23)13-17/h2-13,20H,1H3,(H2,24,25,26). The van der Waals surface area contributed by atoms with Crippen LogP contribution in [0.1, 0.15) is 22.7 Å². The second kappa shape index (κ2) is 8.06. The van der Waals surface area contributed by atoms with Crippen LogP contribution in [0, 0.1) is 18.6 Å². The van der Waals surface area contributed by atoms with E-state index in [1.165, 1.54) is 6.07 Å². The van der Waals surface area contributed by atoms with E-state index in [4.69, 9.17) is 12.2 Å². The summed E-state index contributed by atoms with van der Waals surface area (Å²) in [5, 5.41) is 6.50. The second-order valence-electron chi connectivity index (χ2n) is 5.99. The van der Waals surface area contributed by atoms with Crippen molar-refractivity contribution in [2.75, 3.05) is 5.32 Å². The van der Waals surface area contributed by atoms with Gasteiger partial charge in [-0.25, -0.2) is 8.78 Å². The third-order valence-electron chi connectivity index (χ3n) is 3.96. The Labute approximate surface area is 156 Å². The molecule has 0 saturated heterocycles. The number of anilines is 1. The normalized spacial score (nSPS) is 11.7. The van der Waals surface area contributed by atoms with Gasteiger partial charge < -0.3 is 10.6 Å². The third-order valence-corrected chi connectivity index (χ3v) is 4.18. The van der Waals surface area contributed by atoms with Gasteiger partial charge in [0.2, 0.25) is 0 Å². The van der Waals surface area contributed by atoms with Gasteiger partial charge in [0, 0.05) is 11.8 Å². The number of hydrogen-bond donors (Lipinski definition) is 2. The Morgan fingerprint density at radius 3 is 2.27 bits per heavy atom. The first-order chi connectivity index (χ1) is 12.5. The van der Waals surface area contributed by atoms with Crippen LogP contribution in [0.2, 0.25) is 0 Å². The van der Waals surface area contributed by atoms with Crippen LogP contribution >= 0.6 is 12.2 Å². The fraction of sp³-hybridized carbons (Fsp3) is 0.0952. The van der Waals surface area contributed by atoms with E-state index in [2.05, 4.69) is 16.7 Å². The number of benzene rings is 3. The van der Waals surface area contributed by atoms with Gasteiger partial charge in [-0.05, 0) is 42.4 Å². The van der Waals surface area contributed by atoms with Gasteiger partial charge >= 0.3 is 0 Å². The lowest BCUT2D eigenvalue weighted by atomic mass is 9.97. The van der Waals surface area contributed by atoms with Crippen molar-refractivity contribution in [3.63, 3.8) is 0 Å². The third kappa shape index (κ3) is 4.43. The maximum Gasteiger partial charge on any atom is 0.171 e. The van der Waals surface area contributed by atoms with E-state index >= 15 is 0 Å². The fourth-order valence-corrected chi connectivity index (χ4v) is 2.96.